The fourth-order valence-electron chi connectivity index (χ4n) is 4.50. The maximum Gasteiger partial charge on any atom is 0.266 e. The zero-order valence-corrected chi connectivity index (χ0v) is 20.3. The van der Waals surface area contributed by atoms with E-state index in [1.54, 1.807) is 24.3 Å². The highest BCUT2D eigenvalue weighted by molar-refractivity contribution is 7.96. The predicted octanol–water partition coefficient (Wildman–Crippen LogP) is 5.72. The number of hydrogen-bond acceptors (Lipinski definition) is 1. The second-order valence-corrected chi connectivity index (χ2v) is 11.6. The van der Waals surface area contributed by atoms with Gasteiger partial charge in [-0.25, -0.2) is 4.39 Å². The molecule has 0 aliphatic heterocycles. The first-order valence-electron chi connectivity index (χ1n) is 11.5. The third-order valence-corrected chi connectivity index (χ3v) is 10.6. The van der Waals surface area contributed by atoms with Gasteiger partial charge < -0.3 is 5.32 Å². The average Bonchev–Trinajstić information content (AvgIpc) is 2.92. The van der Waals surface area contributed by atoms with Crippen molar-refractivity contribution >= 4 is 29.1 Å². The van der Waals surface area contributed by atoms with E-state index < -0.39 is 12.9 Å². The van der Waals surface area contributed by atoms with E-state index in [4.69, 9.17) is 0 Å². The largest absolute Gasteiger partial charge is 0.349 e. The Bertz CT molecular complexity index is 1180. The molecule has 0 saturated carbocycles. The highest BCUT2D eigenvalue weighted by Gasteiger charge is 2.56. The molecule has 1 amide bonds. The van der Waals surface area contributed by atoms with Crippen LogP contribution in [0.15, 0.2) is 140 Å². The van der Waals surface area contributed by atoms with E-state index in [0.717, 1.165) is 21.5 Å². The zero-order chi connectivity index (χ0) is 24.5. The van der Waals surface area contributed by atoms with Crippen LogP contribution in [0.4, 0.5) is 4.39 Å². The summed E-state index contributed by atoms with van der Waals surface area (Å²) >= 11 is 0. The highest BCUT2D eigenvalue weighted by atomic mass is 31.2. The SMILES string of the molecule is C=C/C=C/CNC(=O)C(c1ccc(F)cc1)[P+](c1ccccc1)(c1ccccc1)c1ccccc1. The fourth-order valence-corrected chi connectivity index (χ4v) is 9.28. The van der Waals surface area contributed by atoms with Crippen molar-refractivity contribution in [2.75, 3.05) is 6.54 Å². The van der Waals surface area contributed by atoms with Crippen molar-refractivity contribution in [2.45, 2.75) is 5.66 Å². The van der Waals surface area contributed by atoms with Gasteiger partial charge in [-0.1, -0.05) is 91.5 Å². The van der Waals surface area contributed by atoms with Gasteiger partial charge in [-0.05, 0) is 48.5 Å². The van der Waals surface area contributed by atoms with Crippen LogP contribution in [0.25, 0.3) is 0 Å². The molecule has 4 rings (SSSR count). The summed E-state index contributed by atoms with van der Waals surface area (Å²) in [6.07, 6.45) is 5.35. The van der Waals surface area contributed by atoms with Crippen LogP contribution in [-0.2, 0) is 4.79 Å². The molecule has 0 radical (unpaired) electrons. The van der Waals surface area contributed by atoms with Gasteiger partial charge in [0.1, 0.15) is 29.0 Å². The smallest absolute Gasteiger partial charge is 0.266 e. The second kappa shape index (κ2) is 11.6. The lowest BCUT2D eigenvalue weighted by Crippen LogP contribution is -2.42. The molecule has 0 aromatic heterocycles. The summed E-state index contributed by atoms with van der Waals surface area (Å²) in [4.78, 5) is 14.1. The van der Waals surface area contributed by atoms with E-state index in [-0.39, 0.29) is 11.7 Å². The summed E-state index contributed by atoms with van der Waals surface area (Å²) in [5.41, 5.74) is 0.217. The second-order valence-electron chi connectivity index (χ2n) is 8.09. The van der Waals surface area contributed by atoms with E-state index in [0.29, 0.717) is 6.54 Å². The number of benzene rings is 4. The minimum absolute atomic E-state index is 0.102. The van der Waals surface area contributed by atoms with Gasteiger partial charge in [0.15, 0.2) is 5.66 Å². The summed E-state index contributed by atoms with van der Waals surface area (Å²) in [5, 5.41) is 6.37. The summed E-state index contributed by atoms with van der Waals surface area (Å²) in [6, 6.07) is 37.0. The van der Waals surface area contributed by atoms with E-state index in [1.807, 2.05) is 60.7 Å². The Morgan fingerprint density at radius 3 is 1.66 bits per heavy atom. The number of carbonyl (C=O) groups is 1. The molecule has 4 aromatic rings. The molecule has 35 heavy (non-hydrogen) atoms. The lowest BCUT2D eigenvalue weighted by atomic mass is 10.1. The molecule has 1 unspecified atom stereocenters. The van der Waals surface area contributed by atoms with Crippen molar-refractivity contribution in [2.24, 2.45) is 0 Å². The molecular weight excluding hydrogens is 452 g/mol. The molecular formula is C31H28FNOP+. The topological polar surface area (TPSA) is 29.1 Å². The van der Waals surface area contributed by atoms with Crippen LogP contribution in [0.2, 0.25) is 0 Å². The maximum absolute atomic E-state index is 14.1. The van der Waals surface area contributed by atoms with Crippen molar-refractivity contribution in [3.63, 3.8) is 0 Å². The Morgan fingerprint density at radius 1 is 0.771 bits per heavy atom. The van der Waals surface area contributed by atoms with Gasteiger partial charge in [0.05, 0.1) is 0 Å². The van der Waals surface area contributed by atoms with E-state index >= 15 is 0 Å². The monoisotopic (exact) mass is 480 g/mol. The Kier molecular flexibility index (Phi) is 8.03. The third-order valence-electron chi connectivity index (χ3n) is 5.98. The molecule has 0 heterocycles. The quantitative estimate of drug-likeness (QED) is 0.241. The molecule has 4 heteroatoms. The first kappa shape index (κ1) is 24.3. The van der Waals surface area contributed by atoms with Crippen LogP contribution in [-0.4, -0.2) is 12.5 Å². The molecule has 0 aliphatic carbocycles. The molecule has 2 nitrogen and oxygen atoms in total. The highest BCUT2D eigenvalue weighted by Crippen LogP contribution is 2.66. The molecule has 0 spiro atoms. The van der Waals surface area contributed by atoms with Gasteiger partial charge in [0.25, 0.3) is 5.91 Å². The lowest BCUT2D eigenvalue weighted by Gasteiger charge is -2.34. The molecule has 0 fully saturated rings. The molecule has 0 bridgehead atoms. The van der Waals surface area contributed by atoms with Crippen LogP contribution in [0.3, 0.4) is 0 Å². The van der Waals surface area contributed by atoms with Crippen molar-refractivity contribution in [3.05, 3.63) is 151 Å². The normalized spacial score (nSPS) is 12.3. The van der Waals surface area contributed by atoms with E-state index in [2.05, 4.69) is 48.3 Å². The Hall–Kier alpha value is -3.81. The summed E-state index contributed by atoms with van der Waals surface area (Å²) in [5.74, 6) is -0.430. The van der Waals surface area contributed by atoms with Crippen molar-refractivity contribution in [1.82, 2.24) is 5.32 Å². The first-order chi connectivity index (χ1) is 17.2. The molecule has 0 saturated heterocycles. The summed E-state index contributed by atoms with van der Waals surface area (Å²) in [6.45, 7) is 4.07. The molecule has 174 valence electrons. The van der Waals surface area contributed by atoms with Gasteiger partial charge in [-0.2, -0.15) is 0 Å². The summed E-state index contributed by atoms with van der Waals surface area (Å²) < 4.78 is 14.0. The molecule has 1 N–H and O–H groups in total. The molecule has 0 aliphatic rings. The first-order valence-corrected chi connectivity index (χ1v) is 13.4. The average molecular weight is 481 g/mol. The van der Waals surface area contributed by atoms with Gasteiger partial charge in [-0.3, -0.25) is 4.79 Å². The van der Waals surface area contributed by atoms with Gasteiger partial charge in [0, 0.05) is 12.1 Å². The van der Waals surface area contributed by atoms with Crippen LogP contribution in [0.5, 0.6) is 0 Å². The number of allylic oxidation sites excluding steroid dienone is 2. The van der Waals surface area contributed by atoms with Crippen LogP contribution in [0.1, 0.15) is 11.2 Å². The van der Waals surface area contributed by atoms with E-state index in [9.17, 15) is 9.18 Å². The summed E-state index contributed by atoms with van der Waals surface area (Å²) in [7, 11) is -2.59. The number of carbonyl (C=O) groups excluding carboxylic acids is 1. The zero-order valence-electron chi connectivity index (χ0n) is 19.4. The van der Waals surface area contributed by atoms with Gasteiger partial charge in [0.2, 0.25) is 0 Å². The lowest BCUT2D eigenvalue weighted by molar-refractivity contribution is -0.120. The van der Waals surface area contributed by atoms with Crippen LogP contribution >= 0.6 is 7.26 Å². The number of hydrogen-bond donors (Lipinski definition) is 1. The van der Waals surface area contributed by atoms with E-state index in [1.165, 1.54) is 12.1 Å². The Morgan fingerprint density at radius 2 is 1.23 bits per heavy atom. The van der Waals surface area contributed by atoms with Crippen LogP contribution < -0.4 is 21.2 Å². The van der Waals surface area contributed by atoms with Crippen molar-refractivity contribution in [3.8, 4) is 0 Å². The number of nitrogens with one attached hydrogen (secondary N) is 1. The maximum atomic E-state index is 14.1. The predicted molar refractivity (Wildman–Crippen MR) is 147 cm³/mol. The third kappa shape index (κ3) is 5.16. The molecule has 4 aromatic carbocycles. The minimum Gasteiger partial charge on any atom is -0.349 e. The standard InChI is InChI=1S/C31H27FNOP/c1-2-3-13-24-33-31(34)30(25-20-22-26(32)23-21-25)35(27-14-7-4-8-15-27,28-16-9-5-10-17-28)29-18-11-6-12-19-29/h2-23,30H,1,24H2/p+1/b13-3+. The number of amides is 1. The molecule has 1 atom stereocenters. The van der Waals surface area contributed by atoms with Gasteiger partial charge in [-0.15, -0.1) is 0 Å². The van der Waals surface area contributed by atoms with Crippen molar-refractivity contribution < 1.29 is 9.18 Å². The minimum atomic E-state index is -2.59. The van der Waals surface area contributed by atoms with Gasteiger partial charge >= 0.3 is 0 Å². The fraction of sp³-hybridized carbons (Fsp3) is 0.0645. The van der Waals surface area contributed by atoms with Crippen molar-refractivity contribution in [1.29, 1.82) is 0 Å². The Balaban J connectivity index is 2.04. The number of halogens is 1. The Labute approximate surface area is 207 Å². The van der Waals surface area contributed by atoms with Crippen LogP contribution in [0, 0.1) is 5.82 Å². The number of rotatable bonds is 9.